The van der Waals surface area contributed by atoms with Gasteiger partial charge in [0.25, 0.3) is 0 Å². The van der Waals surface area contributed by atoms with Gasteiger partial charge in [-0.3, -0.25) is 9.48 Å². The number of carbonyl (C=O) groups is 1. The molecule has 1 fully saturated rings. The summed E-state index contributed by atoms with van der Waals surface area (Å²) in [6, 6.07) is 1.85. The molecule has 7 heteroatoms. The number of aromatic nitrogens is 3. The molecular weight excluding hydrogens is 296 g/mol. The van der Waals surface area contributed by atoms with Crippen molar-refractivity contribution in [2.75, 3.05) is 20.3 Å². The zero-order valence-electron chi connectivity index (χ0n) is 13.8. The van der Waals surface area contributed by atoms with Crippen molar-refractivity contribution in [2.24, 2.45) is 7.05 Å². The second-order valence-corrected chi connectivity index (χ2v) is 5.97. The first-order valence-electron chi connectivity index (χ1n) is 7.85. The van der Waals surface area contributed by atoms with E-state index in [4.69, 9.17) is 9.26 Å². The first-order valence-corrected chi connectivity index (χ1v) is 7.85. The van der Waals surface area contributed by atoms with Crippen LogP contribution in [0, 0.1) is 6.92 Å². The fraction of sp³-hybridized carbons (Fsp3) is 0.562. The standard InChI is InChI=1S/C16H22N4O3/c1-11-8-14(23-18-11)12-9-19(2)17-16(12)13-6-4-5-7-20(13)15(21)10-22-3/h8-9,13H,4-7,10H2,1-3H3/t13-/m0/s1. The Kier molecular flexibility index (Phi) is 4.47. The Morgan fingerprint density at radius 3 is 3.00 bits per heavy atom. The van der Waals surface area contributed by atoms with Gasteiger partial charge in [-0.05, 0) is 26.2 Å². The third kappa shape index (κ3) is 3.14. The zero-order valence-corrected chi connectivity index (χ0v) is 13.8. The number of nitrogens with zero attached hydrogens (tertiary/aromatic N) is 4. The van der Waals surface area contributed by atoms with Crippen LogP contribution in [0.5, 0.6) is 0 Å². The molecule has 0 unspecified atom stereocenters. The number of amides is 1. The fourth-order valence-corrected chi connectivity index (χ4v) is 3.15. The number of carbonyl (C=O) groups excluding carboxylic acids is 1. The lowest BCUT2D eigenvalue weighted by atomic mass is 9.96. The molecule has 2 aromatic rings. The van der Waals surface area contributed by atoms with Gasteiger partial charge in [0, 0.05) is 33.0 Å². The largest absolute Gasteiger partial charge is 0.375 e. The molecular formula is C16H22N4O3. The Balaban J connectivity index is 1.97. The normalized spacial score (nSPS) is 18.4. The van der Waals surface area contributed by atoms with E-state index in [0.717, 1.165) is 42.8 Å². The maximum atomic E-state index is 12.4. The van der Waals surface area contributed by atoms with Crippen LogP contribution in [-0.4, -0.2) is 46.0 Å². The maximum Gasteiger partial charge on any atom is 0.249 e. The van der Waals surface area contributed by atoms with Crippen molar-refractivity contribution in [1.29, 1.82) is 0 Å². The molecule has 1 amide bonds. The van der Waals surface area contributed by atoms with Crippen LogP contribution in [0.1, 0.15) is 36.7 Å². The van der Waals surface area contributed by atoms with Gasteiger partial charge in [-0.15, -0.1) is 0 Å². The van der Waals surface area contributed by atoms with Gasteiger partial charge in [0.05, 0.1) is 23.0 Å². The Labute approximate surface area is 135 Å². The molecule has 0 aromatic carbocycles. The lowest BCUT2D eigenvalue weighted by Crippen LogP contribution is -2.40. The highest BCUT2D eigenvalue weighted by molar-refractivity contribution is 5.78. The van der Waals surface area contributed by atoms with E-state index in [1.165, 1.54) is 0 Å². The highest BCUT2D eigenvalue weighted by atomic mass is 16.5. The van der Waals surface area contributed by atoms with Crippen molar-refractivity contribution < 1.29 is 14.1 Å². The first kappa shape index (κ1) is 15.7. The van der Waals surface area contributed by atoms with Crippen molar-refractivity contribution in [3.63, 3.8) is 0 Å². The average molecular weight is 318 g/mol. The van der Waals surface area contributed by atoms with E-state index in [-0.39, 0.29) is 18.6 Å². The van der Waals surface area contributed by atoms with Crippen molar-refractivity contribution in [3.8, 4) is 11.3 Å². The summed E-state index contributed by atoms with van der Waals surface area (Å²) in [5, 5.41) is 8.57. The van der Waals surface area contributed by atoms with E-state index in [1.54, 1.807) is 11.8 Å². The SMILES string of the molecule is COCC(=O)N1CCCC[C@H]1c1nn(C)cc1-c1cc(C)no1. The van der Waals surface area contributed by atoms with Gasteiger partial charge in [-0.25, -0.2) is 0 Å². The van der Waals surface area contributed by atoms with Crippen LogP contribution in [0.25, 0.3) is 11.3 Å². The number of methoxy groups -OCH3 is 1. The number of rotatable bonds is 4. The summed E-state index contributed by atoms with van der Waals surface area (Å²) >= 11 is 0. The molecule has 1 aliphatic rings. The first-order chi connectivity index (χ1) is 11.1. The van der Waals surface area contributed by atoms with Crippen LogP contribution in [0.2, 0.25) is 0 Å². The molecule has 23 heavy (non-hydrogen) atoms. The Bertz CT molecular complexity index is 691. The molecule has 3 rings (SSSR count). The second kappa shape index (κ2) is 6.54. The molecule has 124 valence electrons. The van der Waals surface area contributed by atoms with E-state index in [1.807, 2.05) is 31.1 Å². The quantitative estimate of drug-likeness (QED) is 0.863. The van der Waals surface area contributed by atoms with Crippen LogP contribution in [-0.2, 0) is 16.6 Å². The number of hydrogen-bond donors (Lipinski definition) is 0. The topological polar surface area (TPSA) is 73.4 Å². The zero-order chi connectivity index (χ0) is 16.4. The molecule has 1 atom stereocenters. The van der Waals surface area contributed by atoms with Gasteiger partial charge in [0.2, 0.25) is 5.91 Å². The lowest BCUT2D eigenvalue weighted by Gasteiger charge is -2.35. The van der Waals surface area contributed by atoms with Gasteiger partial charge >= 0.3 is 0 Å². The fourth-order valence-electron chi connectivity index (χ4n) is 3.15. The minimum absolute atomic E-state index is 0.00236. The van der Waals surface area contributed by atoms with Crippen LogP contribution in [0.3, 0.4) is 0 Å². The maximum absolute atomic E-state index is 12.4. The van der Waals surface area contributed by atoms with Gasteiger partial charge < -0.3 is 14.2 Å². The highest BCUT2D eigenvalue weighted by Crippen LogP contribution is 2.36. The highest BCUT2D eigenvalue weighted by Gasteiger charge is 2.32. The van der Waals surface area contributed by atoms with Crippen molar-refractivity contribution in [1.82, 2.24) is 19.8 Å². The summed E-state index contributed by atoms with van der Waals surface area (Å²) in [6.07, 6.45) is 4.90. The Morgan fingerprint density at radius 1 is 1.48 bits per heavy atom. The van der Waals surface area contributed by atoms with E-state index in [0.29, 0.717) is 5.76 Å². The molecule has 2 aromatic heterocycles. The minimum Gasteiger partial charge on any atom is -0.375 e. The van der Waals surface area contributed by atoms with Crippen LogP contribution < -0.4 is 0 Å². The minimum atomic E-state index is -0.0481. The summed E-state index contributed by atoms with van der Waals surface area (Å²) in [6.45, 7) is 2.72. The number of aryl methyl sites for hydroxylation is 2. The molecule has 1 aliphatic heterocycles. The predicted octanol–water partition coefficient (Wildman–Crippen LogP) is 2.08. The Morgan fingerprint density at radius 2 is 2.30 bits per heavy atom. The summed E-state index contributed by atoms with van der Waals surface area (Å²) in [5.41, 5.74) is 2.59. The van der Waals surface area contributed by atoms with E-state index in [9.17, 15) is 4.79 Å². The number of piperidine rings is 1. The molecule has 0 spiro atoms. The number of ether oxygens (including phenoxy) is 1. The van der Waals surface area contributed by atoms with E-state index < -0.39 is 0 Å². The lowest BCUT2D eigenvalue weighted by molar-refractivity contribution is -0.139. The summed E-state index contributed by atoms with van der Waals surface area (Å²) in [7, 11) is 3.42. The van der Waals surface area contributed by atoms with E-state index in [2.05, 4.69) is 10.3 Å². The van der Waals surface area contributed by atoms with Crippen LogP contribution in [0.15, 0.2) is 16.8 Å². The third-order valence-electron chi connectivity index (χ3n) is 4.16. The molecule has 0 N–H and O–H groups in total. The molecule has 0 saturated carbocycles. The molecule has 0 aliphatic carbocycles. The molecule has 0 bridgehead atoms. The monoisotopic (exact) mass is 318 g/mol. The van der Waals surface area contributed by atoms with Crippen molar-refractivity contribution >= 4 is 5.91 Å². The molecule has 0 radical (unpaired) electrons. The average Bonchev–Trinajstić information content (AvgIpc) is 3.13. The summed E-state index contributed by atoms with van der Waals surface area (Å²) in [5.74, 6) is 0.692. The van der Waals surface area contributed by atoms with Crippen LogP contribution >= 0.6 is 0 Å². The molecule has 1 saturated heterocycles. The van der Waals surface area contributed by atoms with Gasteiger partial charge in [0.15, 0.2) is 5.76 Å². The van der Waals surface area contributed by atoms with Gasteiger partial charge in [-0.2, -0.15) is 5.10 Å². The second-order valence-electron chi connectivity index (χ2n) is 5.97. The summed E-state index contributed by atoms with van der Waals surface area (Å²) in [4.78, 5) is 14.2. The van der Waals surface area contributed by atoms with E-state index >= 15 is 0 Å². The van der Waals surface area contributed by atoms with Crippen LogP contribution in [0.4, 0.5) is 0 Å². The van der Waals surface area contributed by atoms with Gasteiger partial charge in [0.1, 0.15) is 6.61 Å². The van der Waals surface area contributed by atoms with Crippen molar-refractivity contribution in [3.05, 3.63) is 23.7 Å². The third-order valence-corrected chi connectivity index (χ3v) is 4.16. The number of likely N-dealkylation sites (tertiary alicyclic amines) is 1. The smallest absolute Gasteiger partial charge is 0.249 e. The van der Waals surface area contributed by atoms with Gasteiger partial charge in [-0.1, -0.05) is 5.16 Å². The summed E-state index contributed by atoms with van der Waals surface area (Å²) < 4.78 is 12.2. The predicted molar refractivity (Wildman–Crippen MR) is 83.6 cm³/mol. The number of hydrogen-bond acceptors (Lipinski definition) is 5. The van der Waals surface area contributed by atoms with Crippen molar-refractivity contribution in [2.45, 2.75) is 32.2 Å². The molecule has 3 heterocycles. The Hall–Kier alpha value is -2.15. The molecule has 7 nitrogen and oxygen atoms in total.